The molecule has 1 aromatic carbocycles. The highest BCUT2D eigenvalue weighted by Gasteiger charge is 2.29. The number of carbonyl (C=O) groups excluding carboxylic acids is 1. The standard InChI is InChI=1S/C22H25N5O3S2/c1-2-4-22(28)23-17-6-8-18(9-7-17)32(29,30)27-14-12-26(13-15-27)21-11-10-19(24-25-21)20-5-3-16-31-20/h3,5-11,16H,2,4,12-15H2,1H3,(H,23,28). The predicted molar refractivity (Wildman–Crippen MR) is 126 cm³/mol. The van der Waals surface area contributed by atoms with Crippen LogP contribution in [0.1, 0.15) is 19.8 Å². The molecule has 1 amide bonds. The van der Waals surface area contributed by atoms with Gasteiger partial charge in [0.2, 0.25) is 15.9 Å². The number of sulfonamides is 1. The Morgan fingerprint density at radius 3 is 2.38 bits per heavy atom. The SMILES string of the molecule is CCCC(=O)Nc1ccc(S(=O)(=O)N2CCN(c3ccc(-c4cccs4)nn3)CC2)cc1. The highest BCUT2D eigenvalue weighted by Crippen LogP contribution is 2.25. The van der Waals surface area contributed by atoms with Crippen molar-refractivity contribution in [1.82, 2.24) is 14.5 Å². The number of nitrogens with zero attached hydrogens (tertiary/aromatic N) is 4. The molecule has 4 rings (SSSR count). The zero-order valence-corrected chi connectivity index (χ0v) is 19.4. The van der Waals surface area contributed by atoms with E-state index in [-0.39, 0.29) is 10.8 Å². The molecule has 0 bridgehead atoms. The van der Waals surface area contributed by atoms with Gasteiger partial charge in [-0.25, -0.2) is 8.42 Å². The molecule has 0 spiro atoms. The maximum atomic E-state index is 13.0. The van der Waals surface area contributed by atoms with Crippen LogP contribution in [0, 0.1) is 0 Å². The van der Waals surface area contributed by atoms with Crippen molar-refractivity contribution in [3.05, 3.63) is 53.9 Å². The molecule has 1 aliphatic rings. The second-order valence-corrected chi connectivity index (χ2v) is 10.4. The van der Waals surface area contributed by atoms with Crippen LogP contribution in [-0.4, -0.2) is 55.0 Å². The van der Waals surface area contributed by atoms with Crippen LogP contribution >= 0.6 is 11.3 Å². The Kier molecular flexibility index (Phi) is 6.83. The lowest BCUT2D eigenvalue weighted by atomic mass is 10.3. The highest BCUT2D eigenvalue weighted by atomic mass is 32.2. The Bertz CT molecular complexity index is 1140. The van der Waals surface area contributed by atoms with Gasteiger partial charge in [0, 0.05) is 38.3 Å². The summed E-state index contributed by atoms with van der Waals surface area (Å²) in [6.07, 6.45) is 1.19. The summed E-state index contributed by atoms with van der Waals surface area (Å²) in [5.41, 5.74) is 1.43. The minimum atomic E-state index is -3.60. The monoisotopic (exact) mass is 471 g/mol. The molecule has 8 nitrogen and oxygen atoms in total. The zero-order valence-electron chi connectivity index (χ0n) is 17.8. The van der Waals surface area contributed by atoms with E-state index in [4.69, 9.17) is 0 Å². The van der Waals surface area contributed by atoms with Gasteiger partial charge in [0.05, 0.1) is 9.77 Å². The molecule has 32 heavy (non-hydrogen) atoms. The van der Waals surface area contributed by atoms with Crippen LogP contribution in [0.25, 0.3) is 10.6 Å². The molecule has 3 heterocycles. The molecular formula is C22H25N5O3S2. The number of hydrogen-bond acceptors (Lipinski definition) is 7. The largest absolute Gasteiger partial charge is 0.352 e. The van der Waals surface area contributed by atoms with E-state index < -0.39 is 10.0 Å². The van der Waals surface area contributed by atoms with E-state index in [0.29, 0.717) is 38.3 Å². The number of rotatable bonds is 7. The number of amides is 1. The molecular weight excluding hydrogens is 446 g/mol. The number of carbonyl (C=O) groups is 1. The first kappa shape index (κ1) is 22.4. The lowest BCUT2D eigenvalue weighted by Gasteiger charge is -2.34. The topological polar surface area (TPSA) is 95.5 Å². The fraction of sp³-hybridized carbons (Fsp3) is 0.318. The summed E-state index contributed by atoms with van der Waals surface area (Å²) in [5, 5.41) is 13.4. The van der Waals surface area contributed by atoms with Gasteiger partial charge in [0.25, 0.3) is 0 Å². The van der Waals surface area contributed by atoms with Crippen molar-refractivity contribution in [2.45, 2.75) is 24.7 Å². The summed E-state index contributed by atoms with van der Waals surface area (Å²) in [4.78, 5) is 15.0. The van der Waals surface area contributed by atoms with E-state index in [1.165, 1.54) is 16.4 Å². The van der Waals surface area contributed by atoms with Crippen molar-refractivity contribution in [3.8, 4) is 10.6 Å². The second kappa shape index (κ2) is 9.76. The molecule has 168 valence electrons. The van der Waals surface area contributed by atoms with Gasteiger partial charge < -0.3 is 10.2 Å². The van der Waals surface area contributed by atoms with Crippen LogP contribution in [0.3, 0.4) is 0 Å². The van der Waals surface area contributed by atoms with Crippen molar-refractivity contribution in [3.63, 3.8) is 0 Å². The van der Waals surface area contributed by atoms with Gasteiger partial charge in [0.1, 0.15) is 5.69 Å². The van der Waals surface area contributed by atoms with Crippen LogP contribution in [0.15, 0.2) is 58.8 Å². The third kappa shape index (κ3) is 4.98. The fourth-order valence-corrected chi connectivity index (χ4v) is 5.63. The van der Waals surface area contributed by atoms with Gasteiger partial charge in [-0.1, -0.05) is 13.0 Å². The Morgan fingerprint density at radius 1 is 1.03 bits per heavy atom. The third-order valence-corrected chi connectivity index (χ3v) is 8.04. The number of benzene rings is 1. The molecule has 3 aromatic rings. The normalized spacial score (nSPS) is 15.0. The van der Waals surface area contributed by atoms with Gasteiger partial charge in [-0.05, 0) is 54.3 Å². The summed E-state index contributed by atoms with van der Waals surface area (Å²) in [7, 11) is -3.60. The summed E-state index contributed by atoms with van der Waals surface area (Å²) < 4.78 is 27.6. The molecule has 1 fully saturated rings. The number of aromatic nitrogens is 2. The molecule has 1 N–H and O–H groups in total. The van der Waals surface area contributed by atoms with E-state index in [2.05, 4.69) is 15.5 Å². The van der Waals surface area contributed by atoms with Crippen molar-refractivity contribution in [1.29, 1.82) is 0 Å². The van der Waals surface area contributed by atoms with Crippen LogP contribution in [-0.2, 0) is 14.8 Å². The van der Waals surface area contributed by atoms with Crippen LogP contribution in [0.5, 0.6) is 0 Å². The van der Waals surface area contributed by atoms with Gasteiger partial charge in [-0.15, -0.1) is 21.5 Å². The summed E-state index contributed by atoms with van der Waals surface area (Å²) in [6.45, 7) is 3.74. The maximum Gasteiger partial charge on any atom is 0.243 e. The number of anilines is 2. The van der Waals surface area contributed by atoms with E-state index in [1.807, 2.05) is 41.5 Å². The molecule has 0 radical (unpaired) electrons. The minimum Gasteiger partial charge on any atom is -0.352 e. The quantitative estimate of drug-likeness (QED) is 0.567. The molecule has 10 heteroatoms. The molecule has 0 saturated carbocycles. The Morgan fingerprint density at radius 2 is 1.78 bits per heavy atom. The molecule has 1 aliphatic heterocycles. The lowest BCUT2D eigenvalue weighted by molar-refractivity contribution is -0.116. The van der Waals surface area contributed by atoms with E-state index >= 15 is 0 Å². The van der Waals surface area contributed by atoms with E-state index in [0.717, 1.165) is 22.8 Å². The first-order valence-corrected chi connectivity index (χ1v) is 12.8. The smallest absolute Gasteiger partial charge is 0.243 e. The fourth-order valence-electron chi connectivity index (χ4n) is 3.52. The van der Waals surface area contributed by atoms with Gasteiger partial charge in [-0.2, -0.15) is 4.31 Å². The van der Waals surface area contributed by atoms with Crippen molar-refractivity contribution in [2.75, 3.05) is 36.4 Å². The molecule has 0 atom stereocenters. The first-order chi connectivity index (χ1) is 15.5. The van der Waals surface area contributed by atoms with Crippen molar-refractivity contribution in [2.24, 2.45) is 0 Å². The molecule has 0 unspecified atom stereocenters. The van der Waals surface area contributed by atoms with Crippen LogP contribution in [0.4, 0.5) is 11.5 Å². The molecule has 0 aliphatic carbocycles. The number of nitrogens with one attached hydrogen (secondary N) is 1. The van der Waals surface area contributed by atoms with Crippen LogP contribution < -0.4 is 10.2 Å². The van der Waals surface area contributed by atoms with Crippen molar-refractivity contribution < 1.29 is 13.2 Å². The van der Waals surface area contributed by atoms with Gasteiger partial charge in [0.15, 0.2) is 5.82 Å². The van der Waals surface area contributed by atoms with Gasteiger partial charge >= 0.3 is 0 Å². The second-order valence-electron chi connectivity index (χ2n) is 7.47. The average molecular weight is 472 g/mol. The highest BCUT2D eigenvalue weighted by molar-refractivity contribution is 7.89. The van der Waals surface area contributed by atoms with Gasteiger partial charge in [-0.3, -0.25) is 4.79 Å². The molecule has 1 saturated heterocycles. The predicted octanol–water partition coefficient (Wildman–Crippen LogP) is 3.45. The van der Waals surface area contributed by atoms with E-state index in [9.17, 15) is 13.2 Å². The maximum absolute atomic E-state index is 13.0. The minimum absolute atomic E-state index is 0.0780. The van der Waals surface area contributed by atoms with E-state index in [1.54, 1.807) is 23.5 Å². The summed E-state index contributed by atoms with van der Waals surface area (Å²) in [6, 6.07) is 14.2. The average Bonchev–Trinajstić information content (AvgIpc) is 3.35. The Labute approximate surface area is 191 Å². The third-order valence-electron chi connectivity index (χ3n) is 5.24. The number of piperazine rings is 1. The Hall–Kier alpha value is -2.82. The first-order valence-electron chi connectivity index (χ1n) is 10.5. The lowest BCUT2D eigenvalue weighted by Crippen LogP contribution is -2.49. The number of hydrogen-bond donors (Lipinski definition) is 1. The Balaban J connectivity index is 1.37. The molecule has 2 aromatic heterocycles. The van der Waals surface area contributed by atoms with Crippen molar-refractivity contribution >= 4 is 38.8 Å². The zero-order chi connectivity index (χ0) is 22.6. The summed E-state index contributed by atoms with van der Waals surface area (Å²) in [5.74, 6) is 0.667. The van der Waals surface area contributed by atoms with Crippen LogP contribution in [0.2, 0.25) is 0 Å². The number of thiophene rings is 1. The summed E-state index contributed by atoms with van der Waals surface area (Å²) >= 11 is 1.61.